The van der Waals surface area contributed by atoms with Crippen LogP contribution in [0.3, 0.4) is 0 Å². The molecule has 0 saturated heterocycles. The topological polar surface area (TPSA) is 113 Å². The minimum atomic E-state index is -1.55. The minimum absolute atomic E-state index is 0.0936. The first-order valence-corrected chi connectivity index (χ1v) is 4.02. The van der Waals surface area contributed by atoms with Crippen LogP contribution in [0, 0.1) is 0 Å². The third-order valence-electron chi connectivity index (χ3n) is 1.74. The highest BCUT2D eigenvalue weighted by molar-refractivity contribution is 4.81. The maximum atomic E-state index is 9.21. The normalized spacial score (nSPS) is 20.8. The van der Waals surface area contributed by atoms with E-state index in [1.165, 1.54) is 0 Å². The summed E-state index contributed by atoms with van der Waals surface area (Å²) in [6.45, 7) is -0.569. The molecule has 4 atom stereocenters. The van der Waals surface area contributed by atoms with E-state index in [4.69, 9.17) is 20.4 Å². The predicted octanol–water partition coefficient (Wildman–Crippen LogP) is -3.36. The van der Waals surface area contributed by atoms with Gasteiger partial charge in [0.2, 0.25) is 0 Å². The van der Waals surface area contributed by atoms with Crippen LogP contribution < -0.4 is 5.32 Å². The van der Waals surface area contributed by atoms with Gasteiger partial charge in [-0.05, 0) is 7.05 Å². The van der Waals surface area contributed by atoms with Crippen LogP contribution in [0.2, 0.25) is 0 Å². The zero-order valence-corrected chi connectivity index (χ0v) is 7.46. The molecule has 0 fully saturated rings. The fourth-order valence-electron chi connectivity index (χ4n) is 0.893. The van der Waals surface area contributed by atoms with Gasteiger partial charge in [0, 0.05) is 6.54 Å². The third kappa shape index (κ3) is 3.99. The first-order chi connectivity index (χ1) is 6.04. The van der Waals surface area contributed by atoms with Crippen LogP contribution in [0.25, 0.3) is 0 Å². The van der Waals surface area contributed by atoms with Crippen LogP contribution in [0.4, 0.5) is 0 Å². The maximum Gasteiger partial charge on any atom is 0.111 e. The minimum Gasteiger partial charge on any atom is -0.394 e. The van der Waals surface area contributed by atoms with E-state index in [0.29, 0.717) is 0 Å². The number of hydrogen-bond acceptors (Lipinski definition) is 6. The Bertz CT molecular complexity index is 134. The molecule has 0 rings (SSSR count). The van der Waals surface area contributed by atoms with Crippen LogP contribution in [-0.4, -0.2) is 70.1 Å². The summed E-state index contributed by atoms with van der Waals surface area (Å²) in [5.74, 6) is 0. The molecule has 0 unspecified atom stereocenters. The number of aliphatic hydroxyl groups is 5. The average Bonchev–Trinajstić information content (AvgIpc) is 2.14. The molecule has 0 bridgehead atoms. The highest BCUT2D eigenvalue weighted by Crippen LogP contribution is 2.04. The van der Waals surface area contributed by atoms with Crippen molar-refractivity contribution in [3.05, 3.63) is 0 Å². The van der Waals surface area contributed by atoms with E-state index in [1.54, 1.807) is 7.05 Å². The van der Waals surface area contributed by atoms with Crippen molar-refractivity contribution in [3.63, 3.8) is 0 Å². The number of aliphatic hydroxyl groups excluding tert-OH is 5. The van der Waals surface area contributed by atoms with Gasteiger partial charge in [-0.3, -0.25) is 0 Å². The summed E-state index contributed by atoms with van der Waals surface area (Å²) < 4.78 is 0. The molecule has 0 heterocycles. The zero-order valence-electron chi connectivity index (χ0n) is 7.46. The standard InChI is InChI=1S/C7H17NO5/c1-8-2-4(10)6(12)7(13)5(11)3-9/h4-13H,2-3H2,1H3/t4-,5+,6+,7-/m0/s1. The van der Waals surface area contributed by atoms with Crippen molar-refractivity contribution in [1.82, 2.24) is 5.32 Å². The highest BCUT2D eigenvalue weighted by Gasteiger charge is 2.29. The van der Waals surface area contributed by atoms with E-state index in [9.17, 15) is 5.11 Å². The number of hydrogen-bond donors (Lipinski definition) is 6. The zero-order chi connectivity index (χ0) is 10.4. The number of nitrogens with one attached hydrogen (secondary N) is 1. The molecule has 0 aromatic carbocycles. The molecule has 80 valence electrons. The van der Waals surface area contributed by atoms with Crippen LogP contribution in [-0.2, 0) is 0 Å². The van der Waals surface area contributed by atoms with Crippen molar-refractivity contribution in [3.8, 4) is 0 Å². The van der Waals surface area contributed by atoms with Crippen molar-refractivity contribution in [2.75, 3.05) is 20.2 Å². The first kappa shape index (κ1) is 12.8. The monoisotopic (exact) mass is 195 g/mol. The molecule has 6 N–H and O–H groups in total. The number of rotatable bonds is 6. The highest BCUT2D eigenvalue weighted by atomic mass is 16.4. The molecule has 0 aromatic heterocycles. The molecule has 0 aromatic rings. The fraction of sp³-hybridized carbons (Fsp3) is 1.00. The lowest BCUT2D eigenvalue weighted by atomic mass is 10.0. The second-order valence-corrected chi connectivity index (χ2v) is 2.86. The molecule has 0 saturated carbocycles. The second kappa shape index (κ2) is 6.25. The van der Waals surface area contributed by atoms with E-state index >= 15 is 0 Å². The first-order valence-electron chi connectivity index (χ1n) is 4.02. The third-order valence-corrected chi connectivity index (χ3v) is 1.74. The van der Waals surface area contributed by atoms with Gasteiger partial charge in [-0.2, -0.15) is 0 Å². The molecule has 13 heavy (non-hydrogen) atoms. The van der Waals surface area contributed by atoms with Crippen molar-refractivity contribution in [1.29, 1.82) is 0 Å². The average molecular weight is 195 g/mol. The van der Waals surface area contributed by atoms with Crippen LogP contribution in [0.15, 0.2) is 0 Å². The van der Waals surface area contributed by atoms with Gasteiger partial charge in [0.1, 0.15) is 18.3 Å². The van der Waals surface area contributed by atoms with Crippen molar-refractivity contribution < 1.29 is 25.5 Å². The Hall–Kier alpha value is -0.240. The Morgan fingerprint density at radius 2 is 1.46 bits per heavy atom. The van der Waals surface area contributed by atoms with Gasteiger partial charge in [0.05, 0.1) is 12.7 Å². The van der Waals surface area contributed by atoms with Gasteiger partial charge < -0.3 is 30.8 Å². The Morgan fingerprint density at radius 3 is 1.85 bits per heavy atom. The molecule has 6 nitrogen and oxygen atoms in total. The maximum absolute atomic E-state index is 9.21. The molecular weight excluding hydrogens is 178 g/mol. The van der Waals surface area contributed by atoms with E-state index in [0.717, 1.165) is 0 Å². The molecule has 0 aliphatic rings. The quantitative estimate of drug-likeness (QED) is 0.264. The Kier molecular flexibility index (Phi) is 6.13. The summed E-state index contributed by atoms with van der Waals surface area (Å²) in [6, 6.07) is 0. The van der Waals surface area contributed by atoms with Gasteiger partial charge in [-0.15, -0.1) is 0 Å². The van der Waals surface area contributed by atoms with Crippen LogP contribution >= 0.6 is 0 Å². The Labute approximate surface area is 76.4 Å². The molecule has 0 aliphatic carbocycles. The summed E-state index contributed by atoms with van der Waals surface area (Å²) in [6.07, 6.45) is -5.65. The molecular formula is C7H17NO5. The molecule has 6 heteroatoms. The number of likely N-dealkylation sites (N-methyl/N-ethyl adjacent to an activating group) is 1. The molecule has 0 spiro atoms. The second-order valence-electron chi connectivity index (χ2n) is 2.86. The summed E-state index contributed by atoms with van der Waals surface area (Å²) in [5.41, 5.74) is 0. The van der Waals surface area contributed by atoms with E-state index in [1.807, 2.05) is 0 Å². The summed E-state index contributed by atoms with van der Waals surface area (Å²) >= 11 is 0. The van der Waals surface area contributed by atoms with Crippen molar-refractivity contribution in [2.45, 2.75) is 24.4 Å². The lowest BCUT2D eigenvalue weighted by Crippen LogP contribution is -2.48. The summed E-state index contributed by atoms with van der Waals surface area (Å²) in [5, 5.41) is 47.5. The predicted molar refractivity (Wildman–Crippen MR) is 45.0 cm³/mol. The van der Waals surface area contributed by atoms with E-state index < -0.39 is 31.0 Å². The molecule has 0 aliphatic heterocycles. The Balaban J connectivity index is 3.99. The largest absolute Gasteiger partial charge is 0.394 e. The van der Waals surface area contributed by atoms with Gasteiger partial charge >= 0.3 is 0 Å². The smallest absolute Gasteiger partial charge is 0.111 e. The SMILES string of the molecule is CNC[C@H](O)[C@@H](O)[C@@H](O)[C@H](O)CO. The van der Waals surface area contributed by atoms with Gasteiger partial charge in [-0.1, -0.05) is 0 Å². The van der Waals surface area contributed by atoms with Crippen LogP contribution in [0.5, 0.6) is 0 Å². The lowest BCUT2D eigenvalue weighted by Gasteiger charge is -2.25. The molecule has 0 radical (unpaired) electrons. The van der Waals surface area contributed by atoms with Gasteiger partial charge in [0.25, 0.3) is 0 Å². The van der Waals surface area contributed by atoms with E-state index in [2.05, 4.69) is 5.32 Å². The van der Waals surface area contributed by atoms with Gasteiger partial charge in [-0.25, -0.2) is 0 Å². The van der Waals surface area contributed by atoms with E-state index in [-0.39, 0.29) is 6.54 Å². The van der Waals surface area contributed by atoms with Crippen LogP contribution in [0.1, 0.15) is 0 Å². The fourth-order valence-corrected chi connectivity index (χ4v) is 0.893. The summed E-state index contributed by atoms with van der Waals surface area (Å²) in [4.78, 5) is 0. The lowest BCUT2D eigenvalue weighted by molar-refractivity contribution is -0.113. The Morgan fingerprint density at radius 1 is 1.00 bits per heavy atom. The molecule has 0 amide bonds. The van der Waals surface area contributed by atoms with Gasteiger partial charge in [0.15, 0.2) is 0 Å². The van der Waals surface area contributed by atoms with Crippen molar-refractivity contribution in [2.24, 2.45) is 0 Å². The van der Waals surface area contributed by atoms with Crippen molar-refractivity contribution >= 4 is 0 Å². The summed E-state index contributed by atoms with van der Waals surface area (Å²) in [7, 11) is 1.57.